The molecule has 0 aliphatic carbocycles. The average molecular weight is 440 g/mol. The summed E-state index contributed by atoms with van der Waals surface area (Å²) in [5.74, 6) is 0.0804. The summed E-state index contributed by atoms with van der Waals surface area (Å²) in [6.07, 6.45) is 4.28. The van der Waals surface area contributed by atoms with Gasteiger partial charge in [-0.1, -0.05) is 0 Å². The lowest BCUT2D eigenvalue weighted by Crippen LogP contribution is -2.39. The zero-order chi connectivity index (χ0) is 23.0. The lowest BCUT2D eigenvalue weighted by Gasteiger charge is -2.31. The van der Waals surface area contributed by atoms with Crippen molar-refractivity contribution in [1.82, 2.24) is 4.90 Å². The molecule has 0 radical (unpaired) electrons. The van der Waals surface area contributed by atoms with Crippen molar-refractivity contribution in [1.29, 1.82) is 0 Å². The van der Waals surface area contributed by atoms with E-state index in [4.69, 9.17) is 13.6 Å². The van der Waals surface area contributed by atoms with E-state index < -0.39 is 5.63 Å². The highest BCUT2D eigenvalue weighted by molar-refractivity contribution is 5.99. The molecule has 4 rings (SSSR count). The summed E-state index contributed by atoms with van der Waals surface area (Å²) in [6, 6.07) is 2.01. The Hall–Kier alpha value is -3.09. The molecule has 0 spiro atoms. The third kappa shape index (κ3) is 4.04. The van der Waals surface area contributed by atoms with Crippen LogP contribution in [-0.4, -0.2) is 37.0 Å². The summed E-state index contributed by atoms with van der Waals surface area (Å²) in [5, 5.41) is 1.88. The van der Waals surface area contributed by atoms with Crippen molar-refractivity contribution in [2.24, 2.45) is 5.92 Å². The van der Waals surface area contributed by atoms with Gasteiger partial charge in [-0.05, 0) is 63.1 Å². The molecule has 1 aliphatic heterocycles. The quantitative estimate of drug-likeness (QED) is 0.437. The van der Waals surface area contributed by atoms with E-state index in [1.54, 1.807) is 6.26 Å². The molecule has 32 heavy (non-hydrogen) atoms. The van der Waals surface area contributed by atoms with E-state index in [9.17, 15) is 14.4 Å². The van der Waals surface area contributed by atoms with Gasteiger partial charge in [0.15, 0.2) is 0 Å². The Kier molecular flexibility index (Phi) is 6.09. The van der Waals surface area contributed by atoms with E-state index >= 15 is 0 Å². The molecule has 3 aromatic rings. The van der Waals surface area contributed by atoms with Crippen LogP contribution >= 0.6 is 0 Å². The van der Waals surface area contributed by atoms with Crippen molar-refractivity contribution in [2.45, 2.75) is 52.9 Å². The second-order valence-electron chi connectivity index (χ2n) is 8.77. The lowest BCUT2D eigenvalue weighted by atomic mass is 9.93. The number of carbonyl (C=O) groups is 2. The standard InChI is InChI=1S/C25H29NO6/c1-14-13-31-23-16(3)24-20(12-19(14)23)15(2)18(25(29)32-24)5-6-21(27)26-9-7-17(8-10-26)11-22(28)30-4/h12-13,17H,5-11H2,1-4H3. The van der Waals surface area contributed by atoms with Gasteiger partial charge in [0.1, 0.15) is 11.2 Å². The van der Waals surface area contributed by atoms with Crippen LogP contribution in [0.25, 0.3) is 21.9 Å². The Labute approximate surface area is 186 Å². The number of nitrogens with zero attached hydrogens (tertiary/aromatic N) is 1. The minimum absolute atomic E-state index is 0.0257. The first-order valence-electron chi connectivity index (χ1n) is 11.1. The number of ether oxygens (including phenoxy) is 1. The predicted molar refractivity (Wildman–Crippen MR) is 121 cm³/mol. The maximum Gasteiger partial charge on any atom is 0.339 e. The molecule has 0 unspecified atom stereocenters. The molecule has 170 valence electrons. The van der Waals surface area contributed by atoms with Crippen molar-refractivity contribution in [3.63, 3.8) is 0 Å². The fourth-order valence-electron chi connectivity index (χ4n) is 4.70. The number of benzene rings is 1. The largest absolute Gasteiger partial charge is 0.469 e. The molecule has 1 aliphatic rings. The minimum Gasteiger partial charge on any atom is -0.469 e. The van der Waals surface area contributed by atoms with E-state index in [0.29, 0.717) is 37.1 Å². The van der Waals surface area contributed by atoms with Crippen molar-refractivity contribution in [2.75, 3.05) is 20.2 Å². The van der Waals surface area contributed by atoms with Crippen LogP contribution in [0.2, 0.25) is 0 Å². The van der Waals surface area contributed by atoms with E-state index in [-0.39, 0.29) is 24.2 Å². The number of methoxy groups -OCH3 is 1. The zero-order valence-electron chi connectivity index (χ0n) is 19.1. The first kappa shape index (κ1) is 22.1. The number of hydrogen-bond acceptors (Lipinski definition) is 6. The summed E-state index contributed by atoms with van der Waals surface area (Å²) in [7, 11) is 1.40. The van der Waals surface area contributed by atoms with Gasteiger partial charge in [-0.3, -0.25) is 9.59 Å². The molecule has 2 aromatic heterocycles. The highest BCUT2D eigenvalue weighted by Crippen LogP contribution is 2.33. The molecule has 1 aromatic carbocycles. The monoisotopic (exact) mass is 439 g/mol. The molecule has 0 atom stereocenters. The van der Waals surface area contributed by atoms with Crippen LogP contribution in [0.1, 0.15) is 47.9 Å². The molecule has 0 bridgehead atoms. The van der Waals surface area contributed by atoms with Gasteiger partial charge in [-0.2, -0.15) is 0 Å². The summed E-state index contributed by atoms with van der Waals surface area (Å²) in [5.41, 5.74) is 4.11. The van der Waals surface area contributed by atoms with E-state index in [1.165, 1.54) is 7.11 Å². The SMILES string of the molecule is COC(=O)CC1CCN(C(=O)CCc2c(C)c3cc4c(C)coc4c(C)c3oc2=O)CC1. The number of likely N-dealkylation sites (tertiary alicyclic amines) is 1. The van der Waals surface area contributed by atoms with Gasteiger partial charge in [0.05, 0.1) is 13.4 Å². The van der Waals surface area contributed by atoms with Crippen LogP contribution in [0.3, 0.4) is 0 Å². The Balaban J connectivity index is 1.49. The van der Waals surface area contributed by atoms with Gasteiger partial charge in [0.2, 0.25) is 5.91 Å². The Morgan fingerprint density at radius 1 is 1.09 bits per heavy atom. The number of esters is 1. The normalized spacial score (nSPS) is 14.9. The van der Waals surface area contributed by atoms with Crippen LogP contribution in [0, 0.1) is 26.7 Å². The molecule has 7 nitrogen and oxygen atoms in total. The van der Waals surface area contributed by atoms with E-state index in [1.807, 2.05) is 31.7 Å². The molecule has 1 saturated heterocycles. The number of rotatable bonds is 5. The van der Waals surface area contributed by atoms with Crippen LogP contribution in [0.15, 0.2) is 26.0 Å². The van der Waals surface area contributed by atoms with Gasteiger partial charge >= 0.3 is 11.6 Å². The maximum atomic E-state index is 12.8. The summed E-state index contributed by atoms with van der Waals surface area (Å²) < 4.78 is 16.1. The maximum absolute atomic E-state index is 12.8. The molecule has 1 fully saturated rings. The van der Waals surface area contributed by atoms with Crippen LogP contribution in [0.5, 0.6) is 0 Å². The molecule has 1 amide bonds. The van der Waals surface area contributed by atoms with Gasteiger partial charge in [-0.15, -0.1) is 0 Å². The third-order valence-electron chi connectivity index (χ3n) is 6.77. The fraction of sp³-hybridized carbons (Fsp3) is 0.480. The molecule has 0 N–H and O–H groups in total. The highest BCUT2D eigenvalue weighted by Gasteiger charge is 2.25. The molecule has 0 saturated carbocycles. The summed E-state index contributed by atoms with van der Waals surface area (Å²) in [6.45, 7) is 7.05. The second-order valence-corrected chi connectivity index (χ2v) is 8.77. The number of amides is 1. The number of hydrogen-bond donors (Lipinski definition) is 0. The molecular weight excluding hydrogens is 410 g/mol. The molecular formula is C25H29NO6. The van der Waals surface area contributed by atoms with Crippen LogP contribution in [0.4, 0.5) is 0 Å². The van der Waals surface area contributed by atoms with E-state index in [0.717, 1.165) is 45.9 Å². The smallest absolute Gasteiger partial charge is 0.339 e. The van der Waals surface area contributed by atoms with Gasteiger partial charge in [0.25, 0.3) is 0 Å². The number of aryl methyl sites for hydroxylation is 3. The first-order chi connectivity index (χ1) is 15.3. The average Bonchev–Trinajstić information content (AvgIpc) is 3.15. The van der Waals surface area contributed by atoms with Crippen molar-refractivity contribution < 1.29 is 23.2 Å². The Bertz CT molecular complexity index is 1240. The molecule has 7 heteroatoms. The Morgan fingerprint density at radius 2 is 1.81 bits per heavy atom. The first-order valence-corrected chi connectivity index (χ1v) is 11.1. The minimum atomic E-state index is -0.398. The number of piperidine rings is 1. The van der Waals surface area contributed by atoms with Gasteiger partial charge in [0, 0.05) is 47.8 Å². The van der Waals surface area contributed by atoms with Gasteiger partial charge in [-0.25, -0.2) is 4.79 Å². The predicted octanol–water partition coefficient (Wildman–Crippen LogP) is 4.20. The lowest BCUT2D eigenvalue weighted by molar-refractivity contribution is -0.142. The highest BCUT2D eigenvalue weighted by atomic mass is 16.5. The number of furan rings is 1. The van der Waals surface area contributed by atoms with Crippen molar-refractivity contribution in [3.05, 3.63) is 45.0 Å². The van der Waals surface area contributed by atoms with Crippen LogP contribution < -0.4 is 5.63 Å². The number of fused-ring (bicyclic) bond motifs is 2. The Morgan fingerprint density at radius 3 is 2.50 bits per heavy atom. The van der Waals surface area contributed by atoms with E-state index in [2.05, 4.69) is 0 Å². The van der Waals surface area contributed by atoms with Crippen LogP contribution in [-0.2, 0) is 20.7 Å². The summed E-state index contributed by atoms with van der Waals surface area (Å²) >= 11 is 0. The fourth-order valence-corrected chi connectivity index (χ4v) is 4.70. The second kappa shape index (κ2) is 8.81. The topological polar surface area (TPSA) is 90.0 Å². The molecule has 3 heterocycles. The van der Waals surface area contributed by atoms with Crippen molar-refractivity contribution >= 4 is 33.8 Å². The van der Waals surface area contributed by atoms with Crippen molar-refractivity contribution in [3.8, 4) is 0 Å². The third-order valence-corrected chi connectivity index (χ3v) is 6.77. The van der Waals surface area contributed by atoms with Gasteiger partial charge < -0.3 is 18.5 Å². The summed E-state index contributed by atoms with van der Waals surface area (Å²) in [4.78, 5) is 38.8. The zero-order valence-corrected chi connectivity index (χ0v) is 19.1. The number of carbonyl (C=O) groups excluding carboxylic acids is 2.